The van der Waals surface area contributed by atoms with Crippen molar-refractivity contribution in [2.45, 2.75) is 24.3 Å². The molecule has 6 nitrogen and oxygen atoms in total. The van der Waals surface area contributed by atoms with Crippen LogP contribution in [0.3, 0.4) is 0 Å². The topological polar surface area (TPSA) is 92.7 Å². The number of nitrogens with one attached hydrogen (secondary N) is 1. The second kappa shape index (κ2) is 6.27. The SMILES string of the molecule is COCC(C)(C)NS(=O)(=O)c1cc(F)c(Cl)c(C(=O)O)c1. The third kappa shape index (κ3) is 4.37. The predicted octanol–water partition coefficient (Wildman–Crippen LogP) is 1.88. The molecule has 0 fully saturated rings. The lowest BCUT2D eigenvalue weighted by molar-refractivity contribution is 0.0696. The Bertz CT molecular complexity index is 660. The van der Waals surface area contributed by atoms with Gasteiger partial charge in [0.15, 0.2) is 0 Å². The van der Waals surface area contributed by atoms with Crippen LogP contribution in [0.15, 0.2) is 17.0 Å². The van der Waals surface area contributed by atoms with E-state index in [9.17, 15) is 17.6 Å². The van der Waals surface area contributed by atoms with Gasteiger partial charge >= 0.3 is 5.97 Å². The van der Waals surface area contributed by atoms with E-state index in [4.69, 9.17) is 21.4 Å². The van der Waals surface area contributed by atoms with Crippen molar-refractivity contribution >= 4 is 27.6 Å². The number of hydrogen-bond donors (Lipinski definition) is 2. The fraction of sp³-hybridized carbons (Fsp3) is 0.417. The average molecular weight is 340 g/mol. The Hall–Kier alpha value is -1.22. The summed E-state index contributed by atoms with van der Waals surface area (Å²) in [6.07, 6.45) is 0. The number of methoxy groups -OCH3 is 1. The molecule has 9 heteroatoms. The molecular weight excluding hydrogens is 325 g/mol. The van der Waals surface area contributed by atoms with Crippen LogP contribution in [-0.2, 0) is 14.8 Å². The first-order valence-electron chi connectivity index (χ1n) is 5.75. The van der Waals surface area contributed by atoms with Gasteiger partial charge in [-0.2, -0.15) is 0 Å². The van der Waals surface area contributed by atoms with E-state index >= 15 is 0 Å². The first-order chi connectivity index (χ1) is 9.50. The Kier molecular flexibility index (Phi) is 5.32. The van der Waals surface area contributed by atoms with Crippen LogP contribution in [0, 0.1) is 5.82 Å². The molecule has 0 radical (unpaired) electrons. The highest BCUT2D eigenvalue weighted by Gasteiger charge is 2.28. The van der Waals surface area contributed by atoms with Crippen molar-refractivity contribution in [2.24, 2.45) is 0 Å². The fourth-order valence-electron chi connectivity index (χ4n) is 1.69. The molecule has 0 aliphatic heterocycles. The third-order valence-electron chi connectivity index (χ3n) is 2.46. The number of halogens is 2. The summed E-state index contributed by atoms with van der Waals surface area (Å²) < 4.78 is 45.2. The zero-order chi connectivity index (χ0) is 16.4. The number of carbonyl (C=O) groups is 1. The molecule has 0 saturated carbocycles. The van der Waals surface area contributed by atoms with E-state index in [1.165, 1.54) is 7.11 Å². The van der Waals surface area contributed by atoms with Crippen LogP contribution in [0.4, 0.5) is 4.39 Å². The number of hydrogen-bond acceptors (Lipinski definition) is 4. The Balaban J connectivity index is 3.30. The minimum atomic E-state index is -4.13. The van der Waals surface area contributed by atoms with Crippen LogP contribution >= 0.6 is 11.6 Å². The zero-order valence-corrected chi connectivity index (χ0v) is 13.2. The number of carboxylic acid groups (broad SMARTS) is 1. The molecule has 21 heavy (non-hydrogen) atoms. The highest BCUT2D eigenvalue weighted by molar-refractivity contribution is 7.89. The summed E-state index contributed by atoms with van der Waals surface area (Å²) in [5.74, 6) is -2.64. The molecule has 118 valence electrons. The molecule has 0 bridgehead atoms. The normalized spacial score (nSPS) is 12.4. The van der Waals surface area contributed by atoms with E-state index in [1.54, 1.807) is 13.8 Å². The minimum absolute atomic E-state index is 0.0775. The first-order valence-corrected chi connectivity index (χ1v) is 7.61. The maximum absolute atomic E-state index is 13.6. The molecular formula is C12H15ClFNO5S. The zero-order valence-electron chi connectivity index (χ0n) is 11.6. The van der Waals surface area contributed by atoms with Gasteiger partial charge in [-0.15, -0.1) is 0 Å². The molecule has 0 spiro atoms. The summed E-state index contributed by atoms with van der Waals surface area (Å²) in [7, 11) is -2.72. The molecule has 1 aromatic carbocycles. The van der Waals surface area contributed by atoms with Crippen molar-refractivity contribution in [2.75, 3.05) is 13.7 Å². The summed E-state index contributed by atoms with van der Waals surface area (Å²) in [5.41, 5.74) is -1.57. The number of rotatable bonds is 6. The van der Waals surface area contributed by atoms with Gasteiger partial charge in [-0.3, -0.25) is 0 Å². The fourth-order valence-corrected chi connectivity index (χ4v) is 3.31. The van der Waals surface area contributed by atoms with Crippen LogP contribution in [0.2, 0.25) is 5.02 Å². The van der Waals surface area contributed by atoms with Gasteiger partial charge in [-0.05, 0) is 26.0 Å². The summed E-state index contributed by atoms with van der Waals surface area (Å²) in [6.45, 7) is 3.21. The van der Waals surface area contributed by atoms with Gasteiger partial charge in [0, 0.05) is 7.11 Å². The minimum Gasteiger partial charge on any atom is -0.478 e. The van der Waals surface area contributed by atoms with Crippen molar-refractivity contribution in [1.82, 2.24) is 4.72 Å². The molecule has 0 aliphatic rings. The Morgan fingerprint density at radius 2 is 2.05 bits per heavy atom. The average Bonchev–Trinajstić information content (AvgIpc) is 2.30. The van der Waals surface area contributed by atoms with Crippen molar-refractivity contribution in [3.8, 4) is 0 Å². The van der Waals surface area contributed by atoms with Crippen LogP contribution in [-0.4, -0.2) is 38.7 Å². The van der Waals surface area contributed by atoms with Crippen LogP contribution < -0.4 is 4.72 Å². The van der Waals surface area contributed by atoms with Gasteiger partial charge in [0.05, 0.1) is 27.6 Å². The van der Waals surface area contributed by atoms with Gasteiger partial charge in [0.2, 0.25) is 10.0 Å². The van der Waals surface area contributed by atoms with Crippen molar-refractivity contribution in [3.05, 3.63) is 28.5 Å². The van der Waals surface area contributed by atoms with E-state index in [0.717, 1.165) is 6.07 Å². The van der Waals surface area contributed by atoms with E-state index < -0.39 is 42.8 Å². The Morgan fingerprint density at radius 3 is 2.52 bits per heavy atom. The Labute approximate surface area is 126 Å². The first kappa shape index (κ1) is 17.8. The highest BCUT2D eigenvalue weighted by Crippen LogP contribution is 2.25. The molecule has 1 aromatic rings. The summed E-state index contributed by atoms with van der Waals surface area (Å²) >= 11 is 5.50. The van der Waals surface area contributed by atoms with Gasteiger partial charge in [-0.25, -0.2) is 22.3 Å². The molecule has 0 atom stereocenters. The number of benzene rings is 1. The molecule has 0 aliphatic carbocycles. The van der Waals surface area contributed by atoms with Gasteiger partial charge in [-0.1, -0.05) is 11.6 Å². The van der Waals surface area contributed by atoms with Crippen molar-refractivity contribution in [3.63, 3.8) is 0 Å². The largest absolute Gasteiger partial charge is 0.478 e. The van der Waals surface area contributed by atoms with E-state index in [-0.39, 0.29) is 6.61 Å². The van der Waals surface area contributed by atoms with Gasteiger partial charge in [0.25, 0.3) is 0 Å². The van der Waals surface area contributed by atoms with Crippen molar-refractivity contribution < 1.29 is 27.4 Å². The summed E-state index contributed by atoms with van der Waals surface area (Å²) in [5, 5.41) is 8.27. The molecule has 0 aromatic heterocycles. The molecule has 2 N–H and O–H groups in total. The number of carboxylic acids is 1. The highest BCUT2D eigenvalue weighted by atomic mass is 35.5. The predicted molar refractivity (Wildman–Crippen MR) is 74.6 cm³/mol. The second-order valence-electron chi connectivity index (χ2n) is 4.99. The lowest BCUT2D eigenvalue weighted by atomic mass is 10.1. The lowest BCUT2D eigenvalue weighted by Gasteiger charge is -2.25. The van der Waals surface area contributed by atoms with Crippen LogP contribution in [0.25, 0.3) is 0 Å². The van der Waals surface area contributed by atoms with Crippen LogP contribution in [0.1, 0.15) is 24.2 Å². The van der Waals surface area contributed by atoms with Crippen molar-refractivity contribution in [1.29, 1.82) is 0 Å². The number of sulfonamides is 1. The maximum Gasteiger partial charge on any atom is 0.337 e. The number of aromatic carboxylic acids is 1. The molecule has 0 saturated heterocycles. The maximum atomic E-state index is 13.6. The third-order valence-corrected chi connectivity index (χ3v) is 4.52. The summed E-state index contributed by atoms with van der Waals surface area (Å²) in [6, 6.07) is 1.47. The number of ether oxygens (including phenoxy) is 1. The van der Waals surface area contributed by atoms with Gasteiger partial charge < -0.3 is 9.84 Å². The molecule has 1 rings (SSSR count). The molecule has 0 amide bonds. The van der Waals surface area contributed by atoms with E-state index in [0.29, 0.717) is 6.07 Å². The molecule has 0 heterocycles. The second-order valence-corrected chi connectivity index (χ2v) is 7.05. The molecule has 0 unspecified atom stereocenters. The van der Waals surface area contributed by atoms with Gasteiger partial charge in [0.1, 0.15) is 5.82 Å². The van der Waals surface area contributed by atoms with E-state index in [1.807, 2.05) is 0 Å². The van der Waals surface area contributed by atoms with Crippen LogP contribution in [0.5, 0.6) is 0 Å². The smallest absolute Gasteiger partial charge is 0.337 e. The quantitative estimate of drug-likeness (QED) is 0.825. The standard InChI is InChI=1S/C12H15ClFNO5S/c1-12(2,6-20-3)15-21(18,19)7-4-8(11(16)17)10(13)9(14)5-7/h4-5,15H,6H2,1-3H3,(H,16,17). The Morgan fingerprint density at radius 1 is 1.48 bits per heavy atom. The monoisotopic (exact) mass is 339 g/mol. The van der Waals surface area contributed by atoms with E-state index in [2.05, 4.69) is 4.72 Å². The lowest BCUT2D eigenvalue weighted by Crippen LogP contribution is -2.46. The summed E-state index contributed by atoms with van der Waals surface area (Å²) in [4.78, 5) is 10.4.